The van der Waals surface area contributed by atoms with Crippen LogP contribution in [0.25, 0.3) is 0 Å². The van der Waals surface area contributed by atoms with Crippen molar-refractivity contribution in [2.45, 2.75) is 58.5 Å². The Hall–Kier alpha value is -1.89. The molecule has 31 heavy (non-hydrogen) atoms. The number of hydrogen-bond donors (Lipinski definition) is 1. The van der Waals surface area contributed by atoms with Crippen molar-refractivity contribution in [1.29, 1.82) is 0 Å². The number of thiophene rings is 1. The van der Waals surface area contributed by atoms with Gasteiger partial charge in [0.15, 0.2) is 0 Å². The van der Waals surface area contributed by atoms with Gasteiger partial charge in [0, 0.05) is 37.2 Å². The highest BCUT2D eigenvalue weighted by molar-refractivity contribution is 7.14. The van der Waals surface area contributed by atoms with Crippen molar-refractivity contribution in [3.8, 4) is 5.75 Å². The third kappa shape index (κ3) is 7.06. The van der Waals surface area contributed by atoms with Gasteiger partial charge in [-0.2, -0.15) is 0 Å². The number of likely N-dealkylation sites (N-methyl/N-ethyl adjacent to an activating group) is 1. The molecule has 1 aliphatic rings. The van der Waals surface area contributed by atoms with Crippen LogP contribution in [0.4, 0.5) is 0 Å². The maximum Gasteiger partial charge on any atom is 0.261 e. The van der Waals surface area contributed by atoms with Crippen molar-refractivity contribution in [3.63, 3.8) is 0 Å². The minimum Gasteiger partial charge on any atom is -0.492 e. The summed E-state index contributed by atoms with van der Waals surface area (Å²) in [5.41, 5.74) is 2.35. The topological polar surface area (TPSA) is 50.8 Å². The first-order valence-electron chi connectivity index (χ1n) is 11.5. The highest BCUT2D eigenvalue weighted by Gasteiger charge is 2.18. The summed E-state index contributed by atoms with van der Waals surface area (Å²) in [5, 5.41) is 3.06. The molecular weight excluding hydrogens is 408 g/mol. The average Bonchev–Trinajstić information content (AvgIpc) is 3.21. The van der Waals surface area contributed by atoms with Crippen molar-refractivity contribution in [1.82, 2.24) is 10.2 Å². The maximum atomic E-state index is 12.6. The molecule has 1 saturated heterocycles. The summed E-state index contributed by atoms with van der Waals surface area (Å²) in [6, 6.07) is 10.6. The summed E-state index contributed by atoms with van der Waals surface area (Å²) in [7, 11) is 2.16. The monoisotopic (exact) mass is 444 g/mol. The second-order valence-corrected chi connectivity index (χ2v) is 9.30. The molecule has 0 saturated carbocycles. The van der Waals surface area contributed by atoms with Gasteiger partial charge in [-0.15, -0.1) is 11.3 Å². The summed E-state index contributed by atoms with van der Waals surface area (Å²) < 4.78 is 11.4. The fourth-order valence-corrected chi connectivity index (χ4v) is 5.22. The minimum absolute atomic E-state index is 0.00598. The number of carbonyl (C=O) groups is 1. The van der Waals surface area contributed by atoms with Crippen LogP contribution in [-0.2, 0) is 24.1 Å². The van der Waals surface area contributed by atoms with E-state index in [1.54, 1.807) is 11.3 Å². The van der Waals surface area contributed by atoms with Gasteiger partial charge in [0.2, 0.25) is 0 Å². The van der Waals surface area contributed by atoms with Crippen molar-refractivity contribution < 1.29 is 14.3 Å². The van der Waals surface area contributed by atoms with Gasteiger partial charge in [-0.05, 0) is 62.1 Å². The number of benzene rings is 1. The van der Waals surface area contributed by atoms with E-state index < -0.39 is 0 Å². The fraction of sp³-hybridized carbons (Fsp3) is 0.560. The largest absolute Gasteiger partial charge is 0.492 e. The number of nitrogens with one attached hydrogen (secondary N) is 1. The molecule has 6 heteroatoms. The fourth-order valence-electron chi connectivity index (χ4n) is 3.95. The molecule has 0 atom stereocenters. The van der Waals surface area contributed by atoms with Gasteiger partial charge in [-0.1, -0.05) is 32.4 Å². The number of ether oxygens (including phenoxy) is 2. The van der Waals surface area contributed by atoms with Crippen LogP contribution in [0, 0.1) is 0 Å². The average molecular weight is 445 g/mol. The van der Waals surface area contributed by atoms with Crippen LogP contribution >= 0.6 is 11.3 Å². The molecule has 5 nitrogen and oxygen atoms in total. The van der Waals surface area contributed by atoms with Crippen LogP contribution < -0.4 is 10.1 Å². The molecular formula is C25H36N2O3S. The molecule has 1 N–H and O–H groups in total. The Morgan fingerprint density at radius 1 is 1.26 bits per heavy atom. The van der Waals surface area contributed by atoms with E-state index in [1.165, 1.54) is 10.4 Å². The lowest BCUT2D eigenvalue weighted by molar-refractivity contribution is 0.0392. The summed E-state index contributed by atoms with van der Waals surface area (Å²) in [4.78, 5) is 17.2. The zero-order valence-electron chi connectivity index (χ0n) is 19.1. The van der Waals surface area contributed by atoms with Crippen molar-refractivity contribution in [3.05, 3.63) is 51.2 Å². The van der Waals surface area contributed by atoms with E-state index in [1.807, 2.05) is 24.3 Å². The molecule has 0 spiro atoms. The van der Waals surface area contributed by atoms with E-state index in [9.17, 15) is 4.79 Å². The van der Waals surface area contributed by atoms with Crippen LogP contribution in [0.1, 0.15) is 58.8 Å². The van der Waals surface area contributed by atoms with E-state index in [4.69, 9.17) is 9.47 Å². The summed E-state index contributed by atoms with van der Waals surface area (Å²) in [5.74, 6) is 0.855. The molecule has 1 aliphatic heterocycles. The van der Waals surface area contributed by atoms with Crippen LogP contribution in [0.3, 0.4) is 0 Å². The van der Waals surface area contributed by atoms with Gasteiger partial charge in [0.25, 0.3) is 5.91 Å². The predicted octanol–water partition coefficient (Wildman–Crippen LogP) is 4.68. The Morgan fingerprint density at radius 3 is 2.81 bits per heavy atom. The summed E-state index contributed by atoms with van der Waals surface area (Å²) in [6.07, 6.45) is 5.31. The first-order valence-corrected chi connectivity index (χ1v) is 12.3. The standard InChI is InChI=1S/C25H36N2O3S/c1-4-7-23-20(5-2)17-24(31-23)25(28)26-18-19-8-6-9-22(16-19)30-15-12-27(3)21-10-13-29-14-11-21/h6,8-9,16-17,21H,4-5,7,10-15,18H2,1-3H3,(H,26,28). The number of amides is 1. The number of rotatable bonds is 11. The molecule has 2 heterocycles. The Kier molecular flexibility index (Phi) is 9.37. The van der Waals surface area contributed by atoms with E-state index in [-0.39, 0.29) is 5.91 Å². The lowest BCUT2D eigenvalue weighted by Crippen LogP contribution is -2.38. The molecule has 3 rings (SSSR count). The zero-order chi connectivity index (χ0) is 22.1. The first kappa shape index (κ1) is 23.8. The molecule has 1 fully saturated rings. The Balaban J connectivity index is 1.47. The smallest absolute Gasteiger partial charge is 0.261 e. The highest BCUT2D eigenvalue weighted by atomic mass is 32.1. The molecule has 2 aromatic rings. The SMILES string of the molecule is CCCc1sc(C(=O)NCc2cccc(OCCN(C)C3CCOCC3)c2)cc1CC. The summed E-state index contributed by atoms with van der Waals surface area (Å²) >= 11 is 1.63. The third-order valence-corrected chi connectivity index (χ3v) is 7.09. The van der Waals surface area contributed by atoms with Crippen LogP contribution in [0.15, 0.2) is 30.3 Å². The third-order valence-electron chi connectivity index (χ3n) is 5.86. The van der Waals surface area contributed by atoms with Crippen molar-refractivity contribution in [2.24, 2.45) is 0 Å². The minimum atomic E-state index is 0.00598. The second-order valence-electron chi connectivity index (χ2n) is 8.17. The highest BCUT2D eigenvalue weighted by Crippen LogP contribution is 2.25. The van der Waals surface area contributed by atoms with Crippen LogP contribution in [-0.4, -0.2) is 50.3 Å². The quantitative estimate of drug-likeness (QED) is 0.547. The molecule has 1 aromatic carbocycles. The second kappa shape index (κ2) is 12.2. The molecule has 0 aliphatic carbocycles. The molecule has 0 radical (unpaired) electrons. The number of nitrogens with zero attached hydrogens (tertiary/aromatic N) is 1. The van der Waals surface area contributed by atoms with Gasteiger partial charge >= 0.3 is 0 Å². The van der Waals surface area contributed by atoms with Crippen molar-refractivity contribution >= 4 is 17.2 Å². The molecule has 1 aromatic heterocycles. The lowest BCUT2D eigenvalue weighted by Gasteiger charge is -2.31. The lowest BCUT2D eigenvalue weighted by atomic mass is 10.1. The Morgan fingerprint density at radius 2 is 2.06 bits per heavy atom. The first-order chi connectivity index (χ1) is 15.1. The van der Waals surface area contributed by atoms with E-state index in [0.717, 1.165) is 68.1 Å². The van der Waals surface area contributed by atoms with E-state index >= 15 is 0 Å². The van der Waals surface area contributed by atoms with Crippen molar-refractivity contribution in [2.75, 3.05) is 33.4 Å². The Labute approximate surface area is 190 Å². The van der Waals surface area contributed by atoms with E-state index in [2.05, 4.69) is 37.2 Å². The molecule has 0 unspecified atom stereocenters. The molecule has 170 valence electrons. The Bertz CT molecular complexity index is 830. The number of carbonyl (C=O) groups excluding carboxylic acids is 1. The number of aryl methyl sites for hydroxylation is 2. The van der Waals surface area contributed by atoms with Gasteiger partial charge in [0.05, 0.1) is 4.88 Å². The molecule has 1 amide bonds. The van der Waals surface area contributed by atoms with Crippen LogP contribution in [0.2, 0.25) is 0 Å². The van der Waals surface area contributed by atoms with Gasteiger partial charge in [-0.25, -0.2) is 0 Å². The number of hydrogen-bond acceptors (Lipinski definition) is 5. The van der Waals surface area contributed by atoms with Crippen LogP contribution in [0.5, 0.6) is 5.75 Å². The van der Waals surface area contributed by atoms with Gasteiger partial charge < -0.3 is 14.8 Å². The predicted molar refractivity (Wildman–Crippen MR) is 127 cm³/mol. The molecule has 0 bridgehead atoms. The van der Waals surface area contributed by atoms with Gasteiger partial charge in [0.1, 0.15) is 12.4 Å². The van der Waals surface area contributed by atoms with Gasteiger partial charge in [-0.3, -0.25) is 9.69 Å². The normalized spacial score (nSPS) is 14.7. The zero-order valence-corrected chi connectivity index (χ0v) is 19.9. The van der Waals surface area contributed by atoms with E-state index in [0.29, 0.717) is 19.2 Å². The maximum absolute atomic E-state index is 12.6. The summed E-state index contributed by atoms with van der Waals surface area (Å²) in [6.45, 7) is 8.08.